The number of ketones is 1. The Morgan fingerprint density at radius 1 is 1.25 bits per heavy atom. The van der Waals surface area contributed by atoms with Crippen molar-refractivity contribution in [3.63, 3.8) is 0 Å². The number of nitrogens with zero attached hydrogens (tertiary/aromatic N) is 3. The fourth-order valence-electron chi connectivity index (χ4n) is 1.75. The Balaban J connectivity index is 1.92. The van der Waals surface area contributed by atoms with E-state index in [4.69, 9.17) is 0 Å². The second kappa shape index (κ2) is 6.85. The normalized spacial score (nSPS) is 10.2. The summed E-state index contributed by atoms with van der Waals surface area (Å²) in [6.07, 6.45) is 2.23. The summed E-state index contributed by atoms with van der Waals surface area (Å²) in [6.45, 7) is -0.00888. The third-order valence-corrected chi connectivity index (χ3v) is 2.91. The Morgan fingerprint density at radius 2 is 2.00 bits per heavy atom. The third-order valence-electron chi connectivity index (χ3n) is 2.74. The van der Waals surface area contributed by atoms with Crippen LogP contribution in [-0.4, -0.2) is 26.5 Å². The molecule has 6 nitrogen and oxygen atoms in total. The lowest BCUT2D eigenvalue weighted by Gasteiger charge is -2.04. The smallest absolute Gasteiger partial charge is 0.387 e. The minimum Gasteiger partial charge on any atom is -0.389 e. The maximum atomic E-state index is 11.9. The summed E-state index contributed by atoms with van der Waals surface area (Å²) in [6, 6.07) is 9.71. The van der Waals surface area contributed by atoms with Gasteiger partial charge in [-0.2, -0.15) is 5.10 Å². The van der Waals surface area contributed by atoms with Crippen LogP contribution in [0.25, 0.3) is 0 Å². The molecule has 104 valence electrons. The van der Waals surface area contributed by atoms with Crippen molar-refractivity contribution in [2.45, 2.75) is 19.4 Å². The second-order valence-electron chi connectivity index (χ2n) is 4.14. The van der Waals surface area contributed by atoms with Crippen molar-refractivity contribution in [1.29, 1.82) is 0 Å². The van der Waals surface area contributed by atoms with E-state index in [1.807, 2.05) is 30.3 Å². The molecule has 0 saturated carbocycles. The van der Waals surface area contributed by atoms with Gasteiger partial charge in [0.05, 0.1) is 0 Å². The van der Waals surface area contributed by atoms with E-state index >= 15 is 0 Å². The first kappa shape index (κ1) is 14.3. The number of hydrogen-bond donors (Lipinski definition) is 1. The van der Waals surface area contributed by atoms with E-state index in [0.29, 0.717) is 12.8 Å². The van der Waals surface area contributed by atoms with E-state index < -0.39 is 5.97 Å². The lowest BCUT2D eigenvalue weighted by Crippen LogP contribution is -2.18. The quantitative estimate of drug-likeness (QED) is 0.644. The molecule has 0 unspecified atom stereocenters. The number of carbonyl (C=O) groups excluding carboxylic acids is 2. The van der Waals surface area contributed by atoms with Gasteiger partial charge in [0.25, 0.3) is 0 Å². The summed E-state index contributed by atoms with van der Waals surface area (Å²) >= 11 is 3.41. The van der Waals surface area contributed by atoms with Crippen LogP contribution in [0.3, 0.4) is 0 Å². The summed E-state index contributed by atoms with van der Waals surface area (Å²) in [5.41, 5.74) is 1.09. The number of benzene rings is 1. The zero-order valence-electron chi connectivity index (χ0n) is 10.6. The predicted molar refractivity (Wildman–Crippen MR) is 74.2 cm³/mol. The molecule has 2 rings (SSSR count). The van der Waals surface area contributed by atoms with Crippen molar-refractivity contribution in [3.05, 3.63) is 48.0 Å². The molecule has 0 atom stereocenters. The molecule has 20 heavy (non-hydrogen) atoms. The average molecular weight is 291 g/mol. The van der Waals surface area contributed by atoms with Gasteiger partial charge in [-0.1, -0.05) is 30.3 Å². The van der Waals surface area contributed by atoms with Crippen LogP contribution < -0.4 is 0 Å². The summed E-state index contributed by atoms with van der Waals surface area (Å²) in [5.74, 6) is -0.803. The molecule has 0 radical (unpaired) electrons. The fraction of sp³-hybridized carbons (Fsp3) is 0.231. The van der Waals surface area contributed by atoms with E-state index in [2.05, 4.69) is 27.2 Å². The highest BCUT2D eigenvalue weighted by Gasteiger charge is 2.16. The maximum absolute atomic E-state index is 11.9. The van der Waals surface area contributed by atoms with Crippen molar-refractivity contribution < 1.29 is 13.8 Å². The molecule has 7 heteroatoms. The van der Waals surface area contributed by atoms with Crippen molar-refractivity contribution in [2.24, 2.45) is 0 Å². The number of carbonyl (C=O) groups is 2. The third kappa shape index (κ3) is 3.67. The van der Waals surface area contributed by atoms with Gasteiger partial charge >= 0.3 is 5.97 Å². The van der Waals surface area contributed by atoms with Crippen molar-refractivity contribution in [2.75, 3.05) is 0 Å². The molecule has 1 aromatic carbocycles. The van der Waals surface area contributed by atoms with Gasteiger partial charge in [0, 0.05) is 19.3 Å². The minimum absolute atomic E-state index is 0.00888. The Hall–Kier alpha value is -2.15. The van der Waals surface area contributed by atoms with Crippen molar-refractivity contribution in [3.8, 4) is 0 Å². The molecule has 0 fully saturated rings. The predicted octanol–water partition coefficient (Wildman–Crippen LogP) is 1.48. The first-order valence-electron chi connectivity index (χ1n) is 6.00. The first-order chi connectivity index (χ1) is 9.70. The van der Waals surface area contributed by atoms with Crippen LogP contribution in [0.1, 0.15) is 22.6 Å². The van der Waals surface area contributed by atoms with E-state index in [9.17, 15) is 9.59 Å². The number of hydrogen-bond acceptors (Lipinski definition) is 6. The molecule has 0 bridgehead atoms. The summed E-state index contributed by atoms with van der Waals surface area (Å²) in [4.78, 5) is 26.9. The Kier molecular flexibility index (Phi) is 4.89. The lowest BCUT2D eigenvalue weighted by molar-refractivity contribution is -0.119. The molecule has 0 N–H and O–H groups in total. The molecule has 2 aromatic rings. The summed E-state index contributed by atoms with van der Waals surface area (Å²) < 4.78 is 5.48. The molecule has 0 aliphatic carbocycles. The average Bonchev–Trinajstić information content (AvgIpc) is 2.93. The highest BCUT2D eigenvalue weighted by atomic mass is 32.1. The van der Waals surface area contributed by atoms with Crippen LogP contribution in [0.4, 0.5) is 0 Å². The lowest BCUT2D eigenvalue weighted by atomic mass is 10.1. The number of aryl methyl sites for hydroxylation is 1. The Labute approximate surface area is 121 Å². The molecule has 1 aromatic heterocycles. The molecular formula is C13H13N3O3S. The van der Waals surface area contributed by atoms with Crippen LogP contribution in [-0.2, 0) is 21.9 Å². The van der Waals surface area contributed by atoms with Gasteiger partial charge in [-0.3, -0.25) is 4.79 Å². The first-order valence-corrected chi connectivity index (χ1v) is 6.36. The molecule has 0 aliphatic rings. The fourth-order valence-corrected chi connectivity index (χ4v) is 1.83. The number of Topliss-reactive ketones (excluding diaryl/α,β-unsaturated/α-hetero) is 1. The second-order valence-corrected chi connectivity index (χ2v) is 4.33. The van der Waals surface area contributed by atoms with Gasteiger partial charge in [0.1, 0.15) is 12.9 Å². The Morgan fingerprint density at radius 3 is 2.70 bits per heavy atom. The molecule has 1 heterocycles. The summed E-state index contributed by atoms with van der Waals surface area (Å²) in [7, 11) is 0. The zero-order chi connectivity index (χ0) is 14.4. The van der Waals surface area contributed by atoms with Gasteiger partial charge in [0.15, 0.2) is 5.78 Å². The van der Waals surface area contributed by atoms with E-state index in [1.54, 1.807) is 0 Å². The van der Waals surface area contributed by atoms with Gasteiger partial charge in [-0.25, -0.2) is 14.5 Å². The zero-order valence-corrected chi connectivity index (χ0v) is 11.5. The molecule has 0 saturated heterocycles. The van der Waals surface area contributed by atoms with Gasteiger partial charge in [-0.05, 0) is 12.0 Å². The van der Waals surface area contributed by atoms with Crippen molar-refractivity contribution in [1.82, 2.24) is 14.8 Å². The standard InChI is InChI=1S/C13H13N3O3S/c17-11(7-6-10-4-2-1-3-5-10)8-16-12(13(18)19-20)14-9-15-16/h1-5,9,20H,6-8H2. The number of aromatic nitrogens is 3. The topological polar surface area (TPSA) is 74.1 Å². The SMILES string of the molecule is O=C(CCc1ccccc1)Cn1ncnc1C(=O)OS. The van der Waals surface area contributed by atoms with E-state index in [0.717, 1.165) is 5.56 Å². The highest BCUT2D eigenvalue weighted by Crippen LogP contribution is 2.05. The number of rotatable bonds is 6. The summed E-state index contributed by atoms with van der Waals surface area (Å²) in [5, 5.41) is 3.83. The van der Waals surface area contributed by atoms with Gasteiger partial charge in [0.2, 0.25) is 5.82 Å². The van der Waals surface area contributed by atoms with Crippen LogP contribution in [0.15, 0.2) is 36.7 Å². The van der Waals surface area contributed by atoms with Crippen LogP contribution in [0.5, 0.6) is 0 Å². The molecule has 0 aliphatic heterocycles. The minimum atomic E-state index is -0.735. The molecule has 0 spiro atoms. The maximum Gasteiger partial charge on any atom is 0.387 e. The number of thiol groups is 1. The molecule has 0 amide bonds. The van der Waals surface area contributed by atoms with Gasteiger partial charge < -0.3 is 4.18 Å². The van der Waals surface area contributed by atoms with Crippen LogP contribution in [0.2, 0.25) is 0 Å². The van der Waals surface area contributed by atoms with Gasteiger partial charge in [-0.15, -0.1) is 0 Å². The Bertz CT molecular complexity index is 598. The van der Waals surface area contributed by atoms with E-state index in [-0.39, 0.29) is 18.2 Å². The largest absolute Gasteiger partial charge is 0.389 e. The van der Waals surface area contributed by atoms with Crippen LogP contribution >= 0.6 is 12.9 Å². The van der Waals surface area contributed by atoms with Crippen molar-refractivity contribution >= 4 is 24.7 Å². The molecular weight excluding hydrogens is 278 g/mol. The highest BCUT2D eigenvalue weighted by molar-refractivity contribution is 7.75. The van der Waals surface area contributed by atoms with E-state index in [1.165, 1.54) is 11.0 Å². The van der Waals surface area contributed by atoms with Crippen LogP contribution in [0, 0.1) is 0 Å². The monoisotopic (exact) mass is 291 g/mol.